The Labute approximate surface area is 163 Å². The molecule has 2 aromatic rings. The minimum absolute atomic E-state index is 0.0966. The van der Waals surface area contributed by atoms with Crippen molar-refractivity contribution in [2.75, 3.05) is 11.9 Å². The number of carbonyl (C=O) groups is 1. The normalized spacial score (nSPS) is 11.2. The molecular formula is C18H18F3IN2O2. The van der Waals surface area contributed by atoms with Gasteiger partial charge in [0, 0.05) is 21.9 Å². The number of hydrogen-bond acceptors (Lipinski definition) is 3. The second kappa shape index (κ2) is 9.75. The average Bonchev–Trinajstić information content (AvgIpc) is 2.57. The maximum Gasteiger partial charge on any atom is 0.433 e. The van der Waals surface area contributed by atoms with Crippen LogP contribution in [0.15, 0.2) is 42.6 Å². The Morgan fingerprint density at radius 3 is 2.69 bits per heavy atom. The molecule has 1 N–H and O–H groups in total. The van der Waals surface area contributed by atoms with Crippen molar-refractivity contribution in [3.63, 3.8) is 0 Å². The summed E-state index contributed by atoms with van der Waals surface area (Å²) in [7, 11) is 0. The molecule has 0 unspecified atom stereocenters. The summed E-state index contributed by atoms with van der Waals surface area (Å²) < 4.78 is 44.5. The van der Waals surface area contributed by atoms with Crippen LogP contribution in [0.2, 0.25) is 0 Å². The molecule has 0 spiro atoms. The van der Waals surface area contributed by atoms with Crippen LogP contribution in [0, 0.1) is 3.57 Å². The topological polar surface area (TPSA) is 51.2 Å². The van der Waals surface area contributed by atoms with Crippen LogP contribution in [0.1, 0.15) is 31.4 Å². The van der Waals surface area contributed by atoms with Crippen molar-refractivity contribution >= 4 is 34.2 Å². The minimum atomic E-state index is -4.53. The lowest BCUT2D eigenvalue weighted by atomic mass is 10.2. The van der Waals surface area contributed by atoms with Gasteiger partial charge in [0.05, 0.1) is 6.61 Å². The molecule has 4 nitrogen and oxygen atoms in total. The van der Waals surface area contributed by atoms with Crippen LogP contribution < -0.4 is 10.1 Å². The molecule has 0 bridgehead atoms. The quantitative estimate of drug-likeness (QED) is 0.415. The molecule has 26 heavy (non-hydrogen) atoms. The molecule has 0 fully saturated rings. The minimum Gasteiger partial charge on any atom is -0.494 e. The lowest BCUT2D eigenvalue weighted by molar-refractivity contribution is -0.141. The van der Waals surface area contributed by atoms with Crippen LogP contribution in [0.5, 0.6) is 5.75 Å². The van der Waals surface area contributed by atoms with E-state index in [1.54, 1.807) is 0 Å². The van der Waals surface area contributed by atoms with Crippen molar-refractivity contribution in [2.24, 2.45) is 0 Å². The second-order valence-corrected chi connectivity index (χ2v) is 6.84. The van der Waals surface area contributed by atoms with E-state index in [9.17, 15) is 18.0 Å². The molecule has 1 heterocycles. The van der Waals surface area contributed by atoms with Crippen molar-refractivity contribution in [1.29, 1.82) is 0 Å². The van der Waals surface area contributed by atoms with E-state index in [1.165, 1.54) is 6.07 Å². The summed E-state index contributed by atoms with van der Waals surface area (Å²) in [6.45, 7) is 0.557. The number of unbranched alkanes of at least 4 members (excludes halogenated alkanes) is 2. The third kappa shape index (κ3) is 7.19. The highest BCUT2D eigenvalue weighted by Crippen LogP contribution is 2.28. The van der Waals surface area contributed by atoms with Crippen LogP contribution in [-0.2, 0) is 11.0 Å². The smallest absolute Gasteiger partial charge is 0.433 e. The van der Waals surface area contributed by atoms with Gasteiger partial charge in [-0.25, -0.2) is 0 Å². The van der Waals surface area contributed by atoms with Gasteiger partial charge in [-0.3, -0.25) is 9.78 Å². The Morgan fingerprint density at radius 1 is 1.15 bits per heavy atom. The van der Waals surface area contributed by atoms with E-state index < -0.39 is 11.9 Å². The van der Waals surface area contributed by atoms with Gasteiger partial charge in [0.15, 0.2) is 0 Å². The average molecular weight is 478 g/mol. The number of pyridine rings is 1. The number of halogens is 4. The van der Waals surface area contributed by atoms with Crippen molar-refractivity contribution in [3.8, 4) is 5.75 Å². The van der Waals surface area contributed by atoms with E-state index >= 15 is 0 Å². The highest BCUT2D eigenvalue weighted by Gasteiger charge is 2.32. The fourth-order valence-corrected chi connectivity index (χ4v) is 2.71. The Balaban J connectivity index is 1.65. The first-order valence-electron chi connectivity index (χ1n) is 8.06. The second-order valence-electron chi connectivity index (χ2n) is 5.59. The largest absolute Gasteiger partial charge is 0.494 e. The number of carbonyl (C=O) groups excluding carboxylic acids is 1. The number of nitrogens with one attached hydrogen (secondary N) is 1. The van der Waals surface area contributed by atoms with Crippen molar-refractivity contribution in [3.05, 3.63) is 51.9 Å². The molecule has 1 amide bonds. The monoisotopic (exact) mass is 478 g/mol. The van der Waals surface area contributed by atoms with Gasteiger partial charge in [-0.05, 0) is 72.2 Å². The van der Waals surface area contributed by atoms with Crippen LogP contribution in [-0.4, -0.2) is 17.5 Å². The van der Waals surface area contributed by atoms with E-state index in [2.05, 4.69) is 32.9 Å². The molecule has 1 aromatic carbocycles. The van der Waals surface area contributed by atoms with E-state index in [-0.39, 0.29) is 18.0 Å². The number of nitrogens with zero attached hydrogens (tertiary/aromatic N) is 1. The van der Waals surface area contributed by atoms with Crippen LogP contribution in [0.4, 0.5) is 18.9 Å². The first kappa shape index (κ1) is 20.5. The molecule has 2 rings (SSSR count). The Kier molecular flexibility index (Phi) is 7.67. The molecule has 140 valence electrons. The van der Waals surface area contributed by atoms with Crippen LogP contribution >= 0.6 is 22.6 Å². The number of aromatic nitrogens is 1. The number of amides is 1. The van der Waals surface area contributed by atoms with Gasteiger partial charge in [0.2, 0.25) is 5.91 Å². The zero-order chi connectivity index (χ0) is 19.0. The van der Waals surface area contributed by atoms with Gasteiger partial charge in [-0.2, -0.15) is 13.2 Å². The molecule has 0 aliphatic carbocycles. The number of ether oxygens (including phenoxy) is 1. The number of hydrogen-bond donors (Lipinski definition) is 1. The van der Waals surface area contributed by atoms with Gasteiger partial charge < -0.3 is 10.1 Å². The summed E-state index contributed by atoms with van der Waals surface area (Å²) in [5, 5.41) is 2.47. The molecule has 0 saturated heterocycles. The number of benzene rings is 1. The Bertz CT molecular complexity index is 738. The molecular weight excluding hydrogens is 460 g/mol. The molecule has 8 heteroatoms. The van der Waals surface area contributed by atoms with Gasteiger partial charge in [0.1, 0.15) is 11.4 Å². The highest BCUT2D eigenvalue weighted by molar-refractivity contribution is 14.1. The van der Waals surface area contributed by atoms with E-state index in [0.717, 1.165) is 34.4 Å². The van der Waals surface area contributed by atoms with Crippen LogP contribution in [0.3, 0.4) is 0 Å². The molecule has 0 radical (unpaired) electrons. The lowest BCUT2D eigenvalue weighted by Crippen LogP contribution is -2.13. The zero-order valence-corrected chi connectivity index (χ0v) is 16.0. The summed E-state index contributed by atoms with van der Waals surface area (Å²) in [5.41, 5.74) is -0.928. The zero-order valence-electron chi connectivity index (χ0n) is 13.9. The fraction of sp³-hybridized carbons (Fsp3) is 0.333. The first-order chi connectivity index (χ1) is 12.3. The maximum atomic E-state index is 12.6. The summed E-state index contributed by atoms with van der Waals surface area (Å²) in [6.07, 6.45) is -1.03. The standard InChI is InChI=1S/C18H18F3IN2O2/c19-18(20,21)16-12-14(8-9-23-16)24-17(25)7-2-1-3-10-26-15-6-4-5-13(22)11-15/h4-6,8-9,11-12H,1-3,7,10H2,(H,23,24,25). The summed E-state index contributed by atoms with van der Waals surface area (Å²) in [6, 6.07) is 9.89. The molecule has 0 saturated carbocycles. The molecule has 0 aliphatic heterocycles. The van der Waals surface area contributed by atoms with Crippen molar-refractivity contribution < 1.29 is 22.7 Å². The number of rotatable bonds is 8. The van der Waals surface area contributed by atoms with E-state index in [4.69, 9.17) is 4.74 Å². The van der Waals surface area contributed by atoms with Crippen molar-refractivity contribution in [2.45, 2.75) is 31.9 Å². The van der Waals surface area contributed by atoms with Gasteiger partial charge in [-0.15, -0.1) is 0 Å². The number of alkyl halides is 3. The number of anilines is 1. The summed E-state index contributed by atoms with van der Waals surface area (Å²) in [4.78, 5) is 15.1. The van der Waals surface area contributed by atoms with Crippen LogP contribution in [0.25, 0.3) is 0 Å². The third-order valence-electron chi connectivity index (χ3n) is 3.45. The maximum absolute atomic E-state index is 12.6. The third-order valence-corrected chi connectivity index (χ3v) is 4.12. The lowest BCUT2D eigenvalue weighted by Gasteiger charge is -2.09. The summed E-state index contributed by atoms with van der Waals surface area (Å²) >= 11 is 2.21. The Morgan fingerprint density at radius 2 is 1.96 bits per heavy atom. The van der Waals surface area contributed by atoms with E-state index in [1.807, 2.05) is 24.3 Å². The molecule has 0 atom stereocenters. The van der Waals surface area contributed by atoms with Gasteiger partial charge in [0.25, 0.3) is 0 Å². The SMILES string of the molecule is O=C(CCCCCOc1cccc(I)c1)Nc1ccnc(C(F)(F)F)c1. The predicted octanol–water partition coefficient (Wildman–Crippen LogP) is 5.28. The highest BCUT2D eigenvalue weighted by atomic mass is 127. The first-order valence-corrected chi connectivity index (χ1v) is 9.14. The van der Waals surface area contributed by atoms with Gasteiger partial charge >= 0.3 is 6.18 Å². The molecule has 1 aromatic heterocycles. The molecule has 0 aliphatic rings. The Hall–Kier alpha value is -1.84. The fourth-order valence-electron chi connectivity index (χ4n) is 2.20. The van der Waals surface area contributed by atoms with Crippen molar-refractivity contribution in [1.82, 2.24) is 4.98 Å². The van der Waals surface area contributed by atoms with Gasteiger partial charge in [-0.1, -0.05) is 6.07 Å². The summed E-state index contributed by atoms with van der Waals surface area (Å²) in [5.74, 6) is 0.496. The predicted molar refractivity (Wildman–Crippen MR) is 101 cm³/mol. The van der Waals surface area contributed by atoms with E-state index in [0.29, 0.717) is 13.0 Å².